The minimum absolute atomic E-state index is 0.0404. The number of nitrogens with one attached hydrogen (secondary N) is 1. The fourth-order valence-electron chi connectivity index (χ4n) is 4.41. The molecule has 0 aromatic heterocycles. The van der Waals surface area contributed by atoms with Crippen molar-refractivity contribution in [3.8, 4) is 5.75 Å². The van der Waals surface area contributed by atoms with Gasteiger partial charge in [-0.05, 0) is 60.1 Å². The lowest BCUT2D eigenvalue weighted by Gasteiger charge is -2.22. The Balaban J connectivity index is 1.54. The lowest BCUT2D eigenvalue weighted by Crippen LogP contribution is -2.37. The van der Waals surface area contributed by atoms with Gasteiger partial charge in [0.2, 0.25) is 0 Å². The first-order chi connectivity index (χ1) is 14.3. The first-order valence-electron chi connectivity index (χ1n) is 11.3. The number of carbonyl (C=O) groups excluding carboxylic acids is 1. The normalized spacial score (nSPS) is 22.5. The van der Waals surface area contributed by atoms with Crippen molar-refractivity contribution < 1.29 is 9.53 Å². The maximum absolute atomic E-state index is 13.0. The smallest absolute Gasteiger partial charge is 0.410 e. The molecule has 4 heteroatoms. The highest BCUT2D eigenvalue weighted by Crippen LogP contribution is 2.50. The van der Waals surface area contributed by atoms with Crippen LogP contribution in [0.1, 0.15) is 92.7 Å². The number of hydrogen-bond donors (Lipinski definition) is 2. The zero-order valence-corrected chi connectivity index (χ0v) is 19.3. The molecule has 2 saturated carbocycles. The monoisotopic (exact) mass is 423 g/mol. The fourth-order valence-corrected chi connectivity index (χ4v) is 4.61. The second kappa shape index (κ2) is 8.30. The lowest BCUT2D eigenvalue weighted by atomic mass is 9.97. The SMILES string of the molecule is CCC(S)c1cccc(C(C)C)c1OC(=O)NC1(c2cccc([C@H]3CC3C)c2)CC1. The molecule has 0 aliphatic heterocycles. The Morgan fingerprint density at radius 1 is 1.20 bits per heavy atom. The predicted molar refractivity (Wildman–Crippen MR) is 126 cm³/mol. The molecule has 3 nitrogen and oxygen atoms in total. The number of hydrogen-bond acceptors (Lipinski definition) is 3. The van der Waals surface area contributed by atoms with Crippen molar-refractivity contribution >= 4 is 18.7 Å². The van der Waals surface area contributed by atoms with Gasteiger partial charge in [-0.3, -0.25) is 0 Å². The second-order valence-electron chi connectivity index (χ2n) is 9.39. The van der Waals surface area contributed by atoms with E-state index in [1.165, 1.54) is 17.5 Å². The third-order valence-electron chi connectivity index (χ3n) is 6.71. The first-order valence-corrected chi connectivity index (χ1v) is 11.8. The van der Waals surface area contributed by atoms with E-state index in [1.54, 1.807) is 0 Å². The van der Waals surface area contributed by atoms with Gasteiger partial charge in [0.15, 0.2) is 0 Å². The standard InChI is InChI=1S/C26H33NO2S/c1-5-23(30)21-11-7-10-20(16(2)3)24(21)29-25(28)27-26(12-13-26)19-9-6-8-18(15-19)22-14-17(22)4/h6-11,15-17,22-23,30H,5,12-14H2,1-4H3,(H,27,28)/t17?,22-,23?/m0/s1. The van der Waals surface area contributed by atoms with Crippen molar-refractivity contribution in [2.75, 3.05) is 0 Å². The Morgan fingerprint density at radius 3 is 2.47 bits per heavy atom. The minimum Gasteiger partial charge on any atom is -0.410 e. The van der Waals surface area contributed by atoms with Gasteiger partial charge < -0.3 is 10.1 Å². The maximum atomic E-state index is 13.0. The molecule has 1 N–H and O–H groups in total. The summed E-state index contributed by atoms with van der Waals surface area (Å²) in [4.78, 5) is 13.0. The summed E-state index contributed by atoms with van der Waals surface area (Å²) in [6.45, 7) is 8.64. The highest BCUT2D eigenvalue weighted by Gasteiger charge is 2.47. The Morgan fingerprint density at radius 2 is 1.87 bits per heavy atom. The number of rotatable bonds is 7. The number of amides is 1. The first kappa shape index (κ1) is 21.3. The van der Waals surface area contributed by atoms with Crippen LogP contribution in [-0.2, 0) is 5.54 Å². The van der Waals surface area contributed by atoms with Crippen LogP contribution in [0.15, 0.2) is 42.5 Å². The molecule has 0 bridgehead atoms. The van der Waals surface area contributed by atoms with Gasteiger partial charge in [-0.25, -0.2) is 4.79 Å². The fraction of sp³-hybridized carbons (Fsp3) is 0.500. The van der Waals surface area contributed by atoms with Crippen LogP contribution in [0.25, 0.3) is 0 Å². The number of benzene rings is 2. The van der Waals surface area contributed by atoms with Crippen LogP contribution in [0.3, 0.4) is 0 Å². The van der Waals surface area contributed by atoms with Crippen molar-refractivity contribution in [3.05, 3.63) is 64.7 Å². The van der Waals surface area contributed by atoms with Gasteiger partial charge >= 0.3 is 6.09 Å². The van der Waals surface area contributed by atoms with E-state index in [0.717, 1.165) is 36.3 Å². The lowest BCUT2D eigenvalue weighted by molar-refractivity contribution is 0.193. The Bertz CT molecular complexity index is 934. The largest absolute Gasteiger partial charge is 0.413 e. The molecule has 1 amide bonds. The molecule has 0 heterocycles. The van der Waals surface area contributed by atoms with Gasteiger partial charge in [0, 0.05) is 10.8 Å². The molecule has 4 rings (SSSR count). The van der Waals surface area contributed by atoms with E-state index >= 15 is 0 Å². The maximum Gasteiger partial charge on any atom is 0.413 e. The predicted octanol–water partition coefficient (Wildman–Crippen LogP) is 7.09. The molecule has 2 aromatic rings. The summed E-state index contributed by atoms with van der Waals surface area (Å²) < 4.78 is 5.97. The average molecular weight is 424 g/mol. The van der Waals surface area contributed by atoms with Gasteiger partial charge in [-0.15, -0.1) is 0 Å². The topological polar surface area (TPSA) is 38.3 Å². The molecule has 2 unspecified atom stereocenters. The van der Waals surface area contributed by atoms with E-state index in [2.05, 4.69) is 57.3 Å². The molecular weight excluding hydrogens is 390 g/mol. The van der Waals surface area contributed by atoms with Gasteiger partial charge in [0.05, 0.1) is 5.54 Å². The zero-order valence-electron chi connectivity index (χ0n) is 18.4. The van der Waals surface area contributed by atoms with Crippen LogP contribution in [-0.4, -0.2) is 6.09 Å². The third kappa shape index (κ3) is 4.25. The molecule has 0 radical (unpaired) electrons. The van der Waals surface area contributed by atoms with Crippen molar-refractivity contribution in [2.24, 2.45) is 5.92 Å². The highest BCUT2D eigenvalue weighted by atomic mass is 32.1. The summed E-state index contributed by atoms with van der Waals surface area (Å²) in [6.07, 6.45) is 3.68. The summed E-state index contributed by atoms with van der Waals surface area (Å²) in [5.41, 5.74) is 4.34. The number of ether oxygens (including phenoxy) is 1. The van der Waals surface area contributed by atoms with Crippen LogP contribution in [0.4, 0.5) is 4.79 Å². The van der Waals surface area contributed by atoms with E-state index in [1.807, 2.05) is 18.2 Å². The van der Waals surface area contributed by atoms with Crippen molar-refractivity contribution in [2.45, 2.75) is 76.0 Å². The van der Waals surface area contributed by atoms with E-state index in [0.29, 0.717) is 11.7 Å². The van der Waals surface area contributed by atoms with Crippen molar-refractivity contribution in [1.82, 2.24) is 5.32 Å². The van der Waals surface area contributed by atoms with Crippen LogP contribution in [0.2, 0.25) is 0 Å². The van der Waals surface area contributed by atoms with Crippen molar-refractivity contribution in [3.63, 3.8) is 0 Å². The number of carbonyl (C=O) groups is 1. The summed E-state index contributed by atoms with van der Waals surface area (Å²) in [5.74, 6) is 2.38. The van der Waals surface area contributed by atoms with Gasteiger partial charge in [0.1, 0.15) is 5.75 Å². The Kier molecular flexibility index (Phi) is 5.89. The zero-order chi connectivity index (χ0) is 21.5. The van der Waals surface area contributed by atoms with Crippen LogP contribution in [0, 0.1) is 5.92 Å². The molecule has 160 valence electrons. The third-order valence-corrected chi connectivity index (χ3v) is 7.35. The van der Waals surface area contributed by atoms with Gasteiger partial charge in [0.25, 0.3) is 0 Å². The molecule has 30 heavy (non-hydrogen) atoms. The number of thiol groups is 1. The molecule has 0 spiro atoms. The average Bonchev–Trinajstić information content (AvgIpc) is 3.65. The van der Waals surface area contributed by atoms with Gasteiger partial charge in [-0.2, -0.15) is 12.6 Å². The van der Waals surface area contributed by atoms with E-state index < -0.39 is 0 Å². The van der Waals surface area contributed by atoms with E-state index in [4.69, 9.17) is 17.4 Å². The van der Waals surface area contributed by atoms with Gasteiger partial charge in [-0.1, -0.05) is 70.2 Å². The molecule has 2 aliphatic carbocycles. The summed E-state index contributed by atoms with van der Waals surface area (Å²) in [5, 5.41) is 3.23. The molecule has 2 fully saturated rings. The highest BCUT2D eigenvalue weighted by molar-refractivity contribution is 7.80. The van der Waals surface area contributed by atoms with Crippen LogP contribution >= 0.6 is 12.6 Å². The van der Waals surface area contributed by atoms with Crippen molar-refractivity contribution in [1.29, 1.82) is 0 Å². The van der Waals surface area contributed by atoms with Crippen LogP contribution < -0.4 is 10.1 Å². The summed E-state index contributed by atoms with van der Waals surface area (Å²) in [7, 11) is 0. The second-order valence-corrected chi connectivity index (χ2v) is 10.0. The Hall–Kier alpha value is -1.94. The quantitative estimate of drug-likeness (QED) is 0.466. The molecule has 2 aromatic carbocycles. The summed E-state index contributed by atoms with van der Waals surface area (Å²) >= 11 is 4.71. The molecule has 0 saturated heterocycles. The Labute approximate surface area is 186 Å². The molecule has 2 aliphatic rings. The van der Waals surface area contributed by atoms with E-state index in [-0.39, 0.29) is 22.8 Å². The molecule has 3 atom stereocenters. The molecular formula is C26H33NO2S. The number of para-hydroxylation sites is 1. The van der Waals surface area contributed by atoms with Crippen LogP contribution in [0.5, 0.6) is 5.75 Å². The van der Waals surface area contributed by atoms with E-state index in [9.17, 15) is 4.79 Å². The summed E-state index contributed by atoms with van der Waals surface area (Å²) in [6, 6.07) is 14.9. The minimum atomic E-state index is -0.372.